The zero-order valence-electron chi connectivity index (χ0n) is 15.5. The molecular formula is C22H26N2O3. The third-order valence-corrected chi connectivity index (χ3v) is 5.43. The van der Waals surface area contributed by atoms with Gasteiger partial charge in [-0.15, -0.1) is 0 Å². The summed E-state index contributed by atoms with van der Waals surface area (Å²) in [4.78, 5) is 2.51. The number of hydrogen-bond donors (Lipinski definition) is 1. The summed E-state index contributed by atoms with van der Waals surface area (Å²) < 4.78 is 11.2. The van der Waals surface area contributed by atoms with Crippen molar-refractivity contribution in [3.63, 3.8) is 0 Å². The van der Waals surface area contributed by atoms with E-state index in [9.17, 15) is 5.21 Å². The van der Waals surface area contributed by atoms with E-state index >= 15 is 0 Å². The van der Waals surface area contributed by atoms with Crippen molar-refractivity contribution in [2.24, 2.45) is 5.16 Å². The second kappa shape index (κ2) is 8.44. The van der Waals surface area contributed by atoms with E-state index in [-0.39, 0.29) is 0 Å². The summed E-state index contributed by atoms with van der Waals surface area (Å²) in [6.45, 7) is 4.40. The molecule has 1 N–H and O–H groups in total. The third-order valence-electron chi connectivity index (χ3n) is 5.43. The van der Waals surface area contributed by atoms with Crippen LogP contribution in [-0.2, 0) is 0 Å². The Bertz CT molecular complexity index is 791. The second-order valence-corrected chi connectivity index (χ2v) is 7.21. The standard InChI is InChI=1S/C22H26N2O3/c25-23-20(18-8-9-21-22(15-18)27-14-13-26-21)7-4-11-24-12-10-19(16-24)17-5-2-1-3-6-17/h1-3,5-6,8-9,15,19,25H,4,7,10-14,16H2. The van der Waals surface area contributed by atoms with Crippen LogP contribution in [0.5, 0.6) is 11.5 Å². The van der Waals surface area contributed by atoms with Gasteiger partial charge in [0.15, 0.2) is 11.5 Å². The van der Waals surface area contributed by atoms with Crippen molar-refractivity contribution in [2.45, 2.75) is 25.2 Å². The number of nitrogens with zero attached hydrogens (tertiary/aromatic N) is 2. The zero-order valence-corrected chi connectivity index (χ0v) is 15.5. The van der Waals surface area contributed by atoms with Crippen molar-refractivity contribution in [1.82, 2.24) is 4.90 Å². The molecule has 1 fully saturated rings. The lowest BCUT2D eigenvalue weighted by molar-refractivity contribution is 0.171. The Morgan fingerprint density at radius 2 is 1.89 bits per heavy atom. The summed E-state index contributed by atoms with van der Waals surface area (Å²) >= 11 is 0. The molecular weight excluding hydrogens is 340 g/mol. The lowest BCUT2D eigenvalue weighted by Gasteiger charge is -2.19. The Balaban J connectivity index is 1.29. The van der Waals surface area contributed by atoms with Gasteiger partial charge in [0.05, 0.1) is 5.71 Å². The maximum absolute atomic E-state index is 9.47. The normalized spacial score (nSPS) is 20.0. The lowest BCUT2D eigenvalue weighted by atomic mass is 9.99. The first kappa shape index (κ1) is 17.9. The zero-order chi connectivity index (χ0) is 18.5. The number of hydrogen-bond acceptors (Lipinski definition) is 5. The maximum atomic E-state index is 9.47. The van der Waals surface area contributed by atoms with Crippen LogP contribution in [0.25, 0.3) is 0 Å². The highest BCUT2D eigenvalue weighted by Gasteiger charge is 2.23. The largest absolute Gasteiger partial charge is 0.486 e. The summed E-state index contributed by atoms with van der Waals surface area (Å²) in [5.41, 5.74) is 3.03. The topological polar surface area (TPSA) is 54.3 Å². The van der Waals surface area contributed by atoms with Crippen LogP contribution >= 0.6 is 0 Å². The molecule has 5 heteroatoms. The van der Waals surface area contributed by atoms with E-state index in [1.54, 1.807) is 0 Å². The van der Waals surface area contributed by atoms with Crippen molar-refractivity contribution in [3.8, 4) is 11.5 Å². The van der Waals surface area contributed by atoms with Crippen LogP contribution in [0.3, 0.4) is 0 Å². The molecule has 2 heterocycles. The van der Waals surface area contributed by atoms with Gasteiger partial charge in [-0.3, -0.25) is 0 Å². The fourth-order valence-electron chi connectivity index (χ4n) is 3.98. The fourth-order valence-corrected chi connectivity index (χ4v) is 3.98. The van der Waals surface area contributed by atoms with Crippen LogP contribution < -0.4 is 9.47 Å². The Labute approximate surface area is 160 Å². The van der Waals surface area contributed by atoms with Gasteiger partial charge in [0.2, 0.25) is 0 Å². The molecule has 27 heavy (non-hydrogen) atoms. The van der Waals surface area contributed by atoms with Crippen molar-refractivity contribution in [2.75, 3.05) is 32.8 Å². The Kier molecular flexibility index (Phi) is 5.58. The molecule has 142 valence electrons. The summed E-state index contributed by atoms with van der Waals surface area (Å²) in [6.07, 6.45) is 2.92. The Morgan fingerprint density at radius 3 is 2.70 bits per heavy atom. The van der Waals surface area contributed by atoms with Gasteiger partial charge in [-0.1, -0.05) is 35.5 Å². The molecule has 1 unspecified atom stereocenters. The van der Waals surface area contributed by atoms with Gasteiger partial charge < -0.3 is 19.6 Å². The van der Waals surface area contributed by atoms with Crippen LogP contribution in [0.4, 0.5) is 0 Å². The van der Waals surface area contributed by atoms with Crippen molar-refractivity contribution < 1.29 is 14.7 Å². The van der Waals surface area contributed by atoms with Gasteiger partial charge >= 0.3 is 0 Å². The van der Waals surface area contributed by atoms with Crippen molar-refractivity contribution in [1.29, 1.82) is 0 Å². The number of fused-ring (bicyclic) bond motifs is 1. The Morgan fingerprint density at radius 1 is 1.07 bits per heavy atom. The summed E-state index contributed by atoms with van der Waals surface area (Å²) in [7, 11) is 0. The third kappa shape index (κ3) is 4.25. The first-order chi connectivity index (χ1) is 13.3. The molecule has 0 bridgehead atoms. The molecule has 0 spiro atoms. The molecule has 0 radical (unpaired) electrons. The quantitative estimate of drug-likeness (QED) is 0.478. The fraction of sp³-hybridized carbons (Fsp3) is 0.409. The minimum Gasteiger partial charge on any atom is -0.486 e. The van der Waals surface area contributed by atoms with E-state index in [0.717, 1.165) is 49.5 Å². The molecule has 2 aromatic rings. The molecule has 1 atom stereocenters. The van der Waals surface area contributed by atoms with Crippen molar-refractivity contribution >= 4 is 5.71 Å². The first-order valence-electron chi connectivity index (χ1n) is 9.72. The van der Waals surface area contributed by atoms with E-state index in [1.807, 2.05) is 18.2 Å². The summed E-state index contributed by atoms with van der Waals surface area (Å²) in [5, 5.41) is 13.0. The number of rotatable bonds is 6. The van der Waals surface area contributed by atoms with Crippen LogP contribution in [0, 0.1) is 0 Å². The van der Waals surface area contributed by atoms with Crippen LogP contribution in [0.1, 0.15) is 36.3 Å². The van der Waals surface area contributed by atoms with Gasteiger partial charge in [0.25, 0.3) is 0 Å². The molecule has 2 aliphatic rings. The van der Waals surface area contributed by atoms with Gasteiger partial charge in [0, 0.05) is 12.1 Å². The van der Waals surface area contributed by atoms with Gasteiger partial charge in [0.1, 0.15) is 13.2 Å². The number of likely N-dealkylation sites (tertiary alicyclic amines) is 1. The number of benzene rings is 2. The van der Waals surface area contributed by atoms with Crippen molar-refractivity contribution in [3.05, 3.63) is 59.7 Å². The van der Waals surface area contributed by atoms with Gasteiger partial charge in [-0.25, -0.2) is 0 Å². The average Bonchev–Trinajstić information content (AvgIpc) is 3.20. The highest BCUT2D eigenvalue weighted by molar-refractivity contribution is 6.00. The van der Waals surface area contributed by atoms with Gasteiger partial charge in [-0.05, 0) is 62.0 Å². The van der Waals surface area contributed by atoms with E-state index in [0.29, 0.717) is 24.8 Å². The van der Waals surface area contributed by atoms with Crippen LogP contribution in [-0.4, -0.2) is 48.7 Å². The summed E-state index contributed by atoms with van der Waals surface area (Å²) in [5.74, 6) is 2.12. The Hall–Kier alpha value is -2.53. The first-order valence-corrected chi connectivity index (χ1v) is 9.72. The molecule has 5 nitrogen and oxygen atoms in total. The van der Waals surface area contributed by atoms with E-state index in [2.05, 4.69) is 40.4 Å². The molecule has 0 amide bonds. The number of oxime groups is 1. The molecule has 4 rings (SSSR count). The second-order valence-electron chi connectivity index (χ2n) is 7.21. The minimum absolute atomic E-state index is 0.555. The number of ether oxygens (including phenoxy) is 2. The predicted molar refractivity (Wildman–Crippen MR) is 105 cm³/mol. The average molecular weight is 366 g/mol. The highest BCUT2D eigenvalue weighted by Crippen LogP contribution is 2.31. The van der Waals surface area contributed by atoms with Gasteiger partial charge in [-0.2, -0.15) is 0 Å². The molecule has 1 saturated heterocycles. The summed E-state index contributed by atoms with van der Waals surface area (Å²) in [6, 6.07) is 16.5. The van der Waals surface area contributed by atoms with E-state index < -0.39 is 0 Å². The highest BCUT2D eigenvalue weighted by atomic mass is 16.6. The molecule has 2 aromatic carbocycles. The maximum Gasteiger partial charge on any atom is 0.162 e. The van der Waals surface area contributed by atoms with E-state index in [4.69, 9.17) is 9.47 Å². The lowest BCUT2D eigenvalue weighted by Crippen LogP contribution is -2.22. The van der Waals surface area contributed by atoms with Crippen LogP contribution in [0.15, 0.2) is 53.7 Å². The molecule has 0 saturated carbocycles. The van der Waals surface area contributed by atoms with Crippen LogP contribution in [0.2, 0.25) is 0 Å². The minimum atomic E-state index is 0.555. The smallest absolute Gasteiger partial charge is 0.162 e. The SMILES string of the molecule is ON=C(CCCN1CCC(c2ccccc2)C1)c1ccc2c(c1)OCCO2. The van der Waals surface area contributed by atoms with E-state index in [1.165, 1.54) is 12.0 Å². The monoisotopic (exact) mass is 366 g/mol. The predicted octanol–water partition coefficient (Wildman–Crippen LogP) is 3.91. The molecule has 2 aliphatic heterocycles. The molecule has 0 aromatic heterocycles. The molecule has 0 aliphatic carbocycles.